The van der Waals surface area contributed by atoms with E-state index >= 15 is 0 Å². The van der Waals surface area contributed by atoms with Gasteiger partial charge in [0.05, 0.1) is 25.3 Å². The van der Waals surface area contributed by atoms with Gasteiger partial charge in [-0.15, -0.1) is 0 Å². The van der Waals surface area contributed by atoms with Crippen molar-refractivity contribution in [2.75, 3.05) is 18.6 Å². The van der Waals surface area contributed by atoms with Crippen LogP contribution in [0.1, 0.15) is 29.4 Å². The molecule has 0 saturated carbocycles. The monoisotopic (exact) mass is 477 g/mol. The van der Waals surface area contributed by atoms with Gasteiger partial charge in [-0.2, -0.15) is 0 Å². The second-order valence-electron chi connectivity index (χ2n) is 8.41. The van der Waals surface area contributed by atoms with E-state index < -0.39 is 24.0 Å². The zero-order valence-corrected chi connectivity index (χ0v) is 19.1. The fourth-order valence-electron chi connectivity index (χ4n) is 4.38. The number of benzene rings is 3. The minimum absolute atomic E-state index is 0.0264. The van der Waals surface area contributed by atoms with Crippen LogP contribution >= 0.6 is 0 Å². The van der Waals surface area contributed by atoms with Gasteiger partial charge in [-0.3, -0.25) is 9.59 Å². The molecule has 0 aliphatic carbocycles. The molecule has 180 valence electrons. The number of fused-ring (bicyclic) bond motifs is 1. The average Bonchev–Trinajstić information content (AvgIpc) is 3.28. The SMILES string of the molecule is COc1ccccc1N1C[C@@H](C(=O)OCc2cc(F)cc3c2O[C@H](c2ccccc2)OC3)CC1=O. The number of halogens is 1. The van der Waals surface area contributed by atoms with Crippen LogP contribution in [0.15, 0.2) is 66.7 Å². The molecule has 0 spiro atoms. The molecule has 2 atom stereocenters. The molecule has 1 amide bonds. The van der Waals surface area contributed by atoms with Crippen LogP contribution in [0.2, 0.25) is 0 Å². The highest BCUT2D eigenvalue weighted by molar-refractivity contribution is 6.00. The van der Waals surface area contributed by atoms with Crippen LogP contribution < -0.4 is 14.4 Å². The van der Waals surface area contributed by atoms with Crippen molar-refractivity contribution in [2.45, 2.75) is 25.9 Å². The molecule has 0 bridgehead atoms. The molecule has 3 aromatic rings. The summed E-state index contributed by atoms with van der Waals surface area (Å²) in [6.45, 7) is 0.165. The van der Waals surface area contributed by atoms with E-state index in [1.807, 2.05) is 36.4 Å². The summed E-state index contributed by atoms with van der Waals surface area (Å²) < 4.78 is 36.9. The summed E-state index contributed by atoms with van der Waals surface area (Å²) in [6, 6.07) is 19.2. The lowest BCUT2D eigenvalue weighted by Gasteiger charge is -2.28. The maximum absolute atomic E-state index is 14.2. The van der Waals surface area contributed by atoms with Crippen molar-refractivity contribution >= 4 is 17.6 Å². The third kappa shape index (κ3) is 4.70. The second-order valence-corrected chi connectivity index (χ2v) is 8.41. The predicted molar refractivity (Wildman–Crippen MR) is 124 cm³/mol. The number of carbonyl (C=O) groups is 2. The van der Waals surface area contributed by atoms with Crippen molar-refractivity contribution in [3.05, 3.63) is 89.2 Å². The lowest BCUT2D eigenvalue weighted by Crippen LogP contribution is -2.27. The number of hydrogen-bond acceptors (Lipinski definition) is 6. The minimum atomic E-state index is -0.648. The lowest BCUT2D eigenvalue weighted by atomic mass is 10.1. The Morgan fingerprint density at radius 2 is 1.89 bits per heavy atom. The Morgan fingerprint density at radius 3 is 2.69 bits per heavy atom. The normalized spacial score (nSPS) is 19.1. The average molecular weight is 477 g/mol. The Balaban J connectivity index is 1.28. The van der Waals surface area contributed by atoms with Crippen LogP contribution in [0.5, 0.6) is 11.5 Å². The van der Waals surface area contributed by atoms with Crippen molar-refractivity contribution < 1.29 is 32.9 Å². The summed E-state index contributed by atoms with van der Waals surface area (Å²) in [4.78, 5) is 27.0. The van der Waals surface area contributed by atoms with Crippen LogP contribution in [0.4, 0.5) is 10.1 Å². The van der Waals surface area contributed by atoms with Gasteiger partial charge in [0.1, 0.15) is 23.9 Å². The molecule has 3 aromatic carbocycles. The Hall–Kier alpha value is -3.91. The molecular formula is C27H24FNO6. The molecule has 2 aliphatic rings. The Morgan fingerprint density at radius 1 is 1.11 bits per heavy atom. The first kappa shape index (κ1) is 22.9. The van der Waals surface area contributed by atoms with Crippen molar-refractivity contribution in [2.24, 2.45) is 5.92 Å². The summed E-state index contributed by atoms with van der Waals surface area (Å²) in [5.41, 5.74) is 2.38. The topological polar surface area (TPSA) is 74.3 Å². The maximum atomic E-state index is 14.2. The van der Waals surface area contributed by atoms with Gasteiger partial charge in [0.25, 0.3) is 0 Å². The molecule has 1 fully saturated rings. The van der Waals surface area contributed by atoms with Gasteiger partial charge in [0, 0.05) is 29.7 Å². The summed E-state index contributed by atoms with van der Waals surface area (Å²) in [7, 11) is 1.53. The van der Waals surface area contributed by atoms with E-state index in [1.165, 1.54) is 24.1 Å². The second kappa shape index (κ2) is 9.76. The quantitative estimate of drug-likeness (QED) is 0.486. The number of para-hydroxylation sites is 2. The molecule has 0 radical (unpaired) electrons. The largest absolute Gasteiger partial charge is 0.495 e. The van der Waals surface area contributed by atoms with Crippen LogP contribution in [0.3, 0.4) is 0 Å². The highest BCUT2D eigenvalue weighted by Gasteiger charge is 2.37. The highest BCUT2D eigenvalue weighted by Crippen LogP contribution is 2.37. The van der Waals surface area contributed by atoms with Crippen LogP contribution in [-0.2, 0) is 32.3 Å². The van der Waals surface area contributed by atoms with E-state index in [2.05, 4.69) is 0 Å². The van der Waals surface area contributed by atoms with E-state index in [1.54, 1.807) is 18.2 Å². The smallest absolute Gasteiger partial charge is 0.311 e. The number of methoxy groups -OCH3 is 1. The van der Waals surface area contributed by atoms with Gasteiger partial charge < -0.3 is 23.8 Å². The van der Waals surface area contributed by atoms with Crippen molar-refractivity contribution in [3.63, 3.8) is 0 Å². The van der Waals surface area contributed by atoms with Crippen molar-refractivity contribution in [1.29, 1.82) is 0 Å². The van der Waals surface area contributed by atoms with Gasteiger partial charge in [-0.05, 0) is 24.3 Å². The van der Waals surface area contributed by atoms with E-state index in [0.717, 1.165) is 5.56 Å². The number of hydrogen-bond donors (Lipinski definition) is 0. The number of nitrogens with zero attached hydrogens (tertiary/aromatic N) is 1. The first-order valence-electron chi connectivity index (χ1n) is 11.3. The molecule has 0 aromatic heterocycles. The maximum Gasteiger partial charge on any atom is 0.311 e. The summed E-state index contributed by atoms with van der Waals surface area (Å²) in [5, 5.41) is 0. The van der Waals surface area contributed by atoms with Gasteiger partial charge in [0.2, 0.25) is 12.2 Å². The molecular weight excluding hydrogens is 453 g/mol. The first-order valence-corrected chi connectivity index (χ1v) is 11.3. The molecule has 8 heteroatoms. The van der Waals surface area contributed by atoms with E-state index in [-0.39, 0.29) is 32.1 Å². The number of esters is 1. The molecule has 2 aliphatic heterocycles. The van der Waals surface area contributed by atoms with Gasteiger partial charge in [0.15, 0.2) is 0 Å². The summed E-state index contributed by atoms with van der Waals surface area (Å²) in [6.07, 6.45) is -0.621. The molecule has 35 heavy (non-hydrogen) atoms. The van der Waals surface area contributed by atoms with E-state index in [9.17, 15) is 14.0 Å². The third-order valence-corrected chi connectivity index (χ3v) is 6.10. The number of anilines is 1. The van der Waals surface area contributed by atoms with Crippen LogP contribution in [0, 0.1) is 11.7 Å². The van der Waals surface area contributed by atoms with Gasteiger partial charge >= 0.3 is 5.97 Å². The summed E-state index contributed by atoms with van der Waals surface area (Å²) >= 11 is 0. The Kier molecular flexibility index (Phi) is 6.37. The first-order chi connectivity index (χ1) is 17.0. The molecule has 7 nitrogen and oxygen atoms in total. The Labute approximate surface area is 202 Å². The molecule has 5 rings (SSSR count). The van der Waals surface area contributed by atoms with E-state index in [4.69, 9.17) is 18.9 Å². The van der Waals surface area contributed by atoms with E-state index in [0.29, 0.717) is 28.3 Å². The number of amides is 1. The fourth-order valence-corrected chi connectivity index (χ4v) is 4.38. The number of ether oxygens (including phenoxy) is 4. The zero-order valence-electron chi connectivity index (χ0n) is 19.1. The highest BCUT2D eigenvalue weighted by atomic mass is 19.1. The van der Waals surface area contributed by atoms with Gasteiger partial charge in [-0.25, -0.2) is 4.39 Å². The van der Waals surface area contributed by atoms with Crippen LogP contribution in [-0.4, -0.2) is 25.5 Å². The molecule has 1 saturated heterocycles. The Bertz CT molecular complexity index is 1250. The number of carbonyl (C=O) groups excluding carboxylic acids is 2. The minimum Gasteiger partial charge on any atom is -0.495 e. The molecule has 0 N–H and O–H groups in total. The number of rotatable bonds is 6. The molecule has 0 unspecified atom stereocenters. The standard InChI is InChI=1S/C27H24FNO6/c1-32-23-10-6-5-9-22(23)29-14-18(13-24(29)30)26(31)33-15-19-11-21(28)12-20-16-34-27(35-25(19)20)17-7-3-2-4-8-17/h2-12,18,27H,13-16H2,1H3/t18-,27+/m0/s1. The third-order valence-electron chi connectivity index (χ3n) is 6.10. The fraction of sp³-hybridized carbons (Fsp3) is 0.259. The lowest BCUT2D eigenvalue weighted by molar-refractivity contribution is -0.150. The van der Waals surface area contributed by atoms with Gasteiger partial charge in [-0.1, -0.05) is 42.5 Å². The summed E-state index contributed by atoms with van der Waals surface area (Å²) in [5.74, 6) is -0.839. The van der Waals surface area contributed by atoms with Crippen molar-refractivity contribution in [3.8, 4) is 11.5 Å². The molecule has 2 heterocycles. The zero-order chi connectivity index (χ0) is 24.4. The van der Waals surface area contributed by atoms with Crippen molar-refractivity contribution in [1.82, 2.24) is 0 Å². The predicted octanol–water partition coefficient (Wildman–Crippen LogP) is 4.54. The van der Waals surface area contributed by atoms with Crippen LogP contribution in [0.25, 0.3) is 0 Å².